The summed E-state index contributed by atoms with van der Waals surface area (Å²) >= 11 is 0. The van der Waals surface area contributed by atoms with E-state index >= 15 is 0 Å². The van der Waals surface area contributed by atoms with Crippen molar-refractivity contribution < 1.29 is 22.4 Å². The molecule has 9 heteroatoms. The van der Waals surface area contributed by atoms with Crippen LogP contribution in [0.25, 0.3) is 0 Å². The minimum absolute atomic E-state index is 0.0652. The SMILES string of the molecule is CCC(C)NC(=O)C(CC)N(Cc1ccc(C)cc1)C(=O)CN(c1ccc(F)cc1)S(C)(=O)=O. The molecule has 0 heterocycles. The van der Waals surface area contributed by atoms with Gasteiger partial charge in [-0.2, -0.15) is 0 Å². The van der Waals surface area contributed by atoms with Crippen molar-refractivity contribution in [1.82, 2.24) is 10.2 Å². The lowest BCUT2D eigenvalue weighted by Gasteiger charge is -2.33. The van der Waals surface area contributed by atoms with Gasteiger partial charge in [0.25, 0.3) is 0 Å². The zero-order chi connectivity index (χ0) is 25.5. The van der Waals surface area contributed by atoms with Crippen LogP contribution in [-0.2, 0) is 26.2 Å². The lowest BCUT2D eigenvalue weighted by molar-refractivity contribution is -0.140. The molecule has 0 saturated heterocycles. The van der Waals surface area contributed by atoms with Gasteiger partial charge in [0, 0.05) is 12.6 Å². The fourth-order valence-corrected chi connectivity index (χ4v) is 4.32. The maximum atomic E-state index is 13.5. The number of carbonyl (C=O) groups is 2. The molecule has 0 saturated carbocycles. The molecule has 0 fully saturated rings. The summed E-state index contributed by atoms with van der Waals surface area (Å²) in [6.07, 6.45) is 2.08. The molecule has 34 heavy (non-hydrogen) atoms. The van der Waals surface area contributed by atoms with Gasteiger partial charge >= 0.3 is 0 Å². The number of halogens is 1. The molecule has 2 aromatic rings. The molecule has 0 radical (unpaired) electrons. The third kappa shape index (κ3) is 7.55. The Morgan fingerprint density at radius 3 is 2.09 bits per heavy atom. The molecular weight excluding hydrogens is 457 g/mol. The van der Waals surface area contributed by atoms with Gasteiger partial charge in [-0.15, -0.1) is 0 Å². The van der Waals surface area contributed by atoms with Crippen LogP contribution in [0.5, 0.6) is 0 Å². The van der Waals surface area contributed by atoms with Crippen LogP contribution in [0.1, 0.15) is 44.7 Å². The summed E-state index contributed by atoms with van der Waals surface area (Å²) in [4.78, 5) is 28.0. The third-order valence-electron chi connectivity index (χ3n) is 5.65. The number of benzene rings is 2. The minimum atomic E-state index is -3.85. The van der Waals surface area contributed by atoms with Crippen LogP contribution in [0.15, 0.2) is 48.5 Å². The predicted molar refractivity (Wildman–Crippen MR) is 132 cm³/mol. The third-order valence-corrected chi connectivity index (χ3v) is 6.79. The summed E-state index contributed by atoms with van der Waals surface area (Å²) in [5.41, 5.74) is 2.05. The second-order valence-corrected chi connectivity index (χ2v) is 10.4. The number of nitrogens with zero attached hydrogens (tertiary/aromatic N) is 2. The predicted octanol–water partition coefficient (Wildman–Crippen LogP) is 3.62. The Balaban J connectivity index is 2.41. The number of rotatable bonds is 11. The summed E-state index contributed by atoms with van der Waals surface area (Å²) in [6.45, 7) is 7.24. The molecule has 0 spiro atoms. The van der Waals surface area contributed by atoms with Crippen molar-refractivity contribution in [3.8, 4) is 0 Å². The number of hydrogen-bond donors (Lipinski definition) is 1. The van der Waals surface area contributed by atoms with Crippen molar-refractivity contribution >= 4 is 27.5 Å². The van der Waals surface area contributed by atoms with E-state index in [2.05, 4.69) is 5.32 Å². The van der Waals surface area contributed by atoms with E-state index in [0.29, 0.717) is 6.42 Å². The Morgan fingerprint density at radius 2 is 1.59 bits per heavy atom. The Hall–Kier alpha value is -2.94. The smallest absolute Gasteiger partial charge is 0.244 e. The summed E-state index contributed by atoms with van der Waals surface area (Å²) < 4.78 is 39.3. The average Bonchev–Trinajstić information content (AvgIpc) is 2.78. The number of anilines is 1. The quantitative estimate of drug-likeness (QED) is 0.520. The highest BCUT2D eigenvalue weighted by Gasteiger charge is 2.32. The first-order valence-corrected chi connectivity index (χ1v) is 13.2. The summed E-state index contributed by atoms with van der Waals surface area (Å²) in [5, 5.41) is 2.93. The van der Waals surface area contributed by atoms with Crippen LogP contribution in [0.3, 0.4) is 0 Å². The molecule has 0 bridgehead atoms. The maximum absolute atomic E-state index is 13.5. The molecule has 1 N–H and O–H groups in total. The normalized spacial score (nSPS) is 13.1. The van der Waals surface area contributed by atoms with Crippen molar-refractivity contribution in [3.05, 3.63) is 65.5 Å². The van der Waals surface area contributed by atoms with Gasteiger partial charge in [0.15, 0.2) is 0 Å². The lowest BCUT2D eigenvalue weighted by Crippen LogP contribution is -2.53. The fourth-order valence-electron chi connectivity index (χ4n) is 3.47. The maximum Gasteiger partial charge on any atom is 0.244 e. The Bertz CT molecular complexity index is 1070. The molecule has 0 aliphatic carbocycles. The standard InChI is InChI=1S/C25H34FN3O4S/c1-6-19(4)27-25(31)23(7-2)28(16-20-10-8-18(3)9-11-20)24(30)17-29(34(5,32)33)22-14-12-21(26)13-15-22/h8-15,19,23H,6-7,16-17H2,1-5H3,(H,27,31). The van der Waals surface area contributed by atoms with Crippen molar-refractivity contribution in [2.24, 2.45) is 0 Å². The van der Waals surface area contributed by atoms with E-state index in [1.54, 1.807) is 0 Å². The van der Waals surface area contributed by atoms with Gasteiger partial charge < -0.3 is 10.2 Å². The molecule has 7 nitrogen and oxygen atoms in total. The largest absolute Gasteiger partial charge is 0.352 e. The molecule has 0 aromatic heterocycles. The number of nitrogens with one attached hydrogen (secondary N) is 1. The summed E-state index contributed by atoms with van der Waals surface area (Å²) in [7, 11) is -3.85. The van der Waals surface area contributed by atoms with E-state index < -0.39 is 34.3 Å². The van der Waals surface area contributed by atoms with Gasteiger partial charge in [-0.3, -0.25) is 13.9 Å². The van der Waals surface area contributed by atoms with E-state index in [-0.39, 0.29) is 24.2 Å². The average molecular weight is 492 g/mol. The highest BCUT2D eigenvalue weighted by Crippen LogP contribution is 2.20. The first-order valence-electron chi connectivity index (χ1n) is 11.3. The molecule has 2 atom stereocenters. The van der Waals surface area contributed by atoms with E-state index in [1.165, 1.54) is 17.0 Å². The zero-order valence-corrected chi connectivity index (χ0v) is 21.2. The highest BCUT2D eigenvalue weighted by atomic mass is 32.2. The van der Waals surface area contributed by atoms with E-state index in [9.17, 15) is 22.4 Å². The van der Waals surface area contributed by atoms with Crippen molar-refractivity contribution in [1.29, 1.82) is 0 Å². The number of hydrogen-bond acceptors (Lipinski definition) is 4. The Kier molecular flexibility index (Phi) is 9.61. The van der Waals surface area contributed by atoms with Crippen molar-refractivity contribution in [3.63, 3.8) is 0 Å². The number of amides is 2. The second-order valence-electron chi connectivity index (χ2n) is 8.50. The van der Waals surface area contributed by atoms with Crippen molar-refractivity contribution in [2.75, 3.05) is 17.1 Å². The molecule has 0 aliphatic rings. The van der Waals surface area contributed by atoms with Crippen LogP contribution >= 0.6 is 0 Å². The van der Waals surface area contributed by atoms with Gasteiger partial charge in [0.05, 0.1) is 11.9 Å². The van der Waals surface area contributed by atoms with Gasteiger partial charge in [0.2, 0.25) is 21.8 Å². The van der Waals surface area contributed by atoms with Gasteiger partial charge in [0.1, 0.15) is 18.4 Å². The highest BCUT2D eigenvalue weighted by molar-refractivity contribution is 7.92. The first-order chi connectivity index (χ1) is 16.0. The molecule has 2 aromatic carbocycles. The first kappa shape index (κ1) is 27.3. The molecule has 0 aliphatic heterocycles. The van der Waals surface area contributed by atoms with E-state index in [4.69, 9.17) is 0 Å². The molecule has 2 rings (SSSR count). The van der Waals surface area contributed by atoms with Gasteiger partial charge in [-0.25, -0.2) is 12.8 Å². The second kappa shape index (κ2) is 12.0. The van der Waals surface area contributed by atoms with Crippen LogP contribution in [-0.4, -0.2) is 50.0 Å². The van der Waals surface area contributed by atoms with Crippen LogP contribution in [0, 0.1) is 12.7 Å². The van der Waals surface area contributed by atoms with E-state index in [0.717, 1.165) is 40.2 Å². The van der Waals surface area contributed by atoms with Gasteiger partial charge in [-0.1, -0.05) is 43.7 Å². The van der Waals surface area contributed by atoms with Crippen LogP contribution in [0.4, 0.5) is 10.1 Å². The summed E-state index contributed by atoms with van der Waals surface area (Å²) in [6, 6.07) is 11.6. The molecule has 2 amide bonds. The Morgan fingerprint density at radius 1 is 1.00 bits per heavy atom. The number of aryl methyl sites for hydroxylation is 1. The fraction of sp³-hybridized carbons (Fsp3) is 0.440. The van der Waals surface area contributed by atoms with Crippen molar-refractivity contribution in [2.45, 2.75) is 59.2 Å². The van der Waals surface area contributed by atoms with Crippen LogP contribution in [0.2, 0.25) is 0 Å². The number of carbonyl (C=O) groups excluding carboxylic acids is 2. The van der Waals surface area contributed by atoms with E-state index in [1.807, 2.05) is 52.0 Å². The molecule has 2 unspecified atom stereocenters. The monoisotopic (exact) mass is 491 g/mol. The lowest BCUT2D eigenvalue weighted by atomic mass is 10.1. The van der Waals surface area contributed by atoms with Gasteiger partial charge in [-0.05, 0) is 56.5 Å². The topological polar surface area (TPSA) is 86.8 Å². The molecule has 186 valence electrons. The minimum Gasteiger partial charge on any atom is -0.352 e. The molecular formula is C25H34FN3O4S. The summed E-state index contributed by atoms with van der Waals surface area (Å²) in [5.74, 6) is -1.33. The number of sulfonamides is 1. The Labute approximate surface area is 202 Å². The zero-order valence-electron chi connectivity index (χ0n) is 20.4. The van der Waals surface area contributed by atoms with Crippen LogP contribution < -0.4 is 9.62 Å².